The molecule has 0 radical (unpaired) electrons. The molecule has 2 aliphatic heterocycles. The first kappa shape index (κ1) is 38.2. The van der Waals surface area contributed by atoms with Gasteiger partial charge in [0.2, 0.25) is 11.8 Å². The summed E-state index contributed by atoms with van der Waals surface area (Å²) >= 11 is 0. The Hall–Kier alpha value is -6.73. The highest BCUT2D eigenvalue weighted by molar-refractivity contribution is 5.86. The van der Waals surface area contributed by atoms with Gasteiger partial charge < -0.3 is 34.9 Å². The van der Waals surface area contributed by atoms with Gasteiger partial charge in [-0.1, -0.05) is 59.0 Å². The van der Waals surface area contributed by atoms with Crippen molar-refractivity contribution in [2.45, 2.75) is 62.7 Å². The molecule has 4 atom stereocenters. The lowest BCUT2D eigenvalue weighted by atomic mass is 10.0. The van der Waals surface area contributed by atoms with Gasteiger partial charge in [-0.15, -0.1) is 10.2 Å². The Labute approximate surface area is 332 Å². The maximum absolute atomic E-state index is 13.8. The number of hydrogen-bond donors (Lipinski definition) is 7. The zero-order chi connectivity index (χ0) is 40.0. The topological polar surface area (TPSA) is 252 Å². The molecule has 2 fully saturated rings. The smallest absolute Gasteiger partial charge is 0.405 e. The Kier molecular flexibility index (Phi) is 11.3. The molecule has 0 saturated carbocycles. The summed E-state index contributed by atoms with van der Waals surface area (Å²) in [6, 6.07) is 14.4. The number of amides is 3. The summed E-state index contributed by atoms with van der Waals surface area (Å²) in [5.74, 6) is 1.04. The van der Waals surface area contributed by atoms with Crippen molar-refractivity contribution < 1.29 is 24.2 Å². The van der Waals surface area contributed by atoms with E-state index in [9.17, 15) is 19.5 Å². The molecule has 300 valence electrons. The predicted molar refractivity (Wildman–Crippen MR) is 208 cm³/mol. The molecule has 6 aromatic rings. The standard InChI is InChI=1S/C39H44N14O5/c1-58-22-42-29(16-27-18-43-50-48-27)37(54)52-14-2-4-33(52)35-40-20-31(45-35)25-10-6-23(7-11-25)24-8-12-26(13-9-24)32-21-41-36(46-32)34-5-3-15-53(34)38(55)30(47-39(56)57)17-28-19-44-51-49-28/h6-13,18-21,29-30,33-34,42,47H,2-5,14-17,22H2,1H3,(H,40,45)(H,41,46)(H,56,57)(H,43,48,50)(H,44,49,51)/t29-,30-,33?,34-/m0/s1. The Balaban J connectivity index is 0.909. The third-order valence-electron chi connectivity index (χ3n) is 10.7. The molecule has 0 spiro atoms. The fraction of sp³-hybridized carbons (Fsp3) is 0.359. The van der Waals surface area contributed by atoms with E-state index in [4.69, 9.17) is 9.72 Å². The predicted octanol–water partition coefficient (Wildman–Crippen LogP) is 3.38. The van der Waals surface area contributed by atoms with Gasteiger partial charge in [0.1, 0.15) is 17.7 Å². The molecule has 3 amide bonds. The summed E-state index contributed by atoms with van der Waals surface area (Å²) in [5.41, 5.74) is 6.87. The minimum absolute atomic E-state index is 0.0302. The molecule has 19 heteroatoms. The number of carbonyl (C=O) groups is 3. The molecule has 6 heterocycles. The third kappa shape index (κ3) is 8.35. The Morgan fingerprint density at radius 1 is 0.741 bits per heavy atom. The van der Waals surface area contributed by atoms with Crippen LogP contribution in [-0.2, 0) is 27.2 Å². The number of ether oxygens (including phenoxy) is 1. The van der Waals surface area contributed by atoms with Crippen LogP contribution < -0.4 is 10.6 Å². The number of aromatic nitrogens is 10. The maximum atomic E-state index is 13.8. The number of hydrogen-bond acceptors (Lipinski definition) is 11. The van der Waals surface area contributed by atoms with E-state index in [1.54, 1.807) is 30.6 Å². The summed E-state index contributed by atoms with van der Waals surface area (Å²) < 4.78 is 5.20. The van der Waals surface area contributed by atoms with Crippen LogP contribution in [0.3, 0.4) is 0 Å². The molecule has 58 heavy (non-hydrogen) atoms. The van der Waals surface area contributed by atoms with Crippen LogP contribution in [0, 0.1) is 0 Å². The SMILES string of the molecule is COCN[C@@H](Cc1c[nH]nn1)C(=O)N1CCCC1c1ncc(-c2ccc(-c3ccc(-c4cnc([C@@H]5CCCN5C(=O)[C@H](Cc5c[nH]nn5)NC(=O)O)[nH]4)cc3)cc2)[nH]1. The monoisotopic (exact) mass is 788 g/mol. The first-order valence-corrected chi connectivity index (χ1v) is 19.2. The maximum Gasteiger partial charge on any atom is 0.405 e. The highest BCUT2D eigenvalue weighted by atomic mass is 16.5. The second-order valence-electron chi connectivity index (χ2n) is 14.4. The lowest BCUT2D eigenvalue weighted by Gasteiger charge is -2.28. The van der Waals surface area contributed by atoms with Crippen LogP contribution in [0.4, 0.5) is 4.79 Å². The fourth-order valence-corrected chi connectivity index (χ4v) is 7.87. The van der Waals surface area contributed by atoms with Crippen LogP contribution in [-0.4, -0.2) is 123 Å². The van der Waals surface area contributed by atoms with Gasteiger partial charge in [0, 0.05) is 45.4 Å². The van der Waals surface area contributed by atoms with E-state index < -0.39 is 18.2 Å². The van der Waals surface area contributed by atoms with Crippen molar-refractivity contribution in [1.82, 2.24) is 71.2 Å². The number of nitrogens with one attached hydrogen (secondary N) is 6. The van der Waals surface area contributed by atoms with Crippen LogP contribution >= 0.6 is 0 Å². The van der Waals surface area contributed by atoms with Crippen molar-refractivity contribution in [1.29, 1.82) is 0 Å². The van der Waals surface area contributed by atoms with Gasteiger partial charge in [-0.3, -0.25) is 25.1 Å². The normalized spacial score (nSPS) is 17.7. The zero-order valence-electron chi connectivity index (χ0n) is 31.8. The van der Waals surface area contributed by atoms with Crippen LogP contribution in [0.25, 0.3) is 33.6 Å². The highest BCUT2D eigenvalue weighted by Gasteiger charge is 2.37. The second kappa shape index (κ2) is 17.2. The first-order valence-electron chi connectivity index (χ1n) is 19.2. The zero-order valence-corrected chi connectivity index (χ0v) is 31.8. The van der Waals surface area contributed by atoms with Crippen LogP contribution in [0.15, 0.2) is 73.3 Å². The number of rotatable bonds is 15. The molecule has 2 aliphatic rings. The highest BCUT2D eigenvalue weighted by Crippen LogP contribution is 2.35. The molecule has 7 N–H and O–H groups in total. The molecule has 0 bridgehead atoms. The van der Waals surface area contributed by atoms with Gasteiger partial charge in [-0.2, -0.15) is 0 Å². The number of methoxy groups -OCH3 is 1. The number of likely N-dealkylation sites (tertiary alicyclic amines) is 2. The molecule has 2 aromatic carbocycles. The molecule has 4 aromatic heterocycles. The summed E-state index contributed by atoms with van der Waals surface area (Å²) in [4.78, 5) is 58.7. The molecule has 1 unspecified atom stereocenters. The van der Waals surface area contributed by atoms with E-state index in [-0.39, 0.29) is 37.0 Å². The average molecular weight is 789 g/mol. The van der Waals surface area contributed by atoms with E-state index in [0.717, 1.165) is 58.7 Å². The Bertz CT molecular complexity index is 2290. The summed E-state index contributed by atoms with van der Waals surface area (Å²) in [6.07, 6.45) is 9.16. The van der Waals surface area contributed by atoms with Gasteiger partial charge in [-0.05, 0) is 47.9 Å². The molecule has 8 rings (SSSR count). The van der Waals surface area contributed by atoms with Crippen molar-refractivity contribution in [3.63, 3.8) is 0 Å². The largest absolute Gasteiger partial charge is 0.465 e. The third-order valence-corrected chi connectivity index (χ3v) is 10.7. The van der Waals surface area contributed by atoms with Crippen LogP contribution in [0.1, 0.15) is 60.8 Å². The number of H-pyrrole nitrogens is 4. The number of aromatic amines is 4. The first-order chi connectivity index (χ1) is 28.3. The number of benzene rings is 2. The van der Waals surface area contributed by atoms with Gasteiger partial charge in [-0.25, -0.2) is 14.8 Å². The lowest BCUT2D eigenvalue weighted by molar-refractivity contribution is -0.135. The quantitative estimate of drug-likeness (QED) is 0.0740. The molecule has 2 saturated heterocycles. The molecule has 0 aliphatic carbocycles. The molecular formula is C39H44N14O5. The minimum Gasteiger partial charge on any atom is -0.465 e. The van der Waals surface area contributed by atoms with E-state index in [0.29, 0.717) is 43.1 Å². The van der Waals surface area contributed by atoms with E-state index in [2.05, 4.69) is 92.8 Å². The van der Waals surface area contributed by atoms with Crippen molar-refractivity contribution in [2.75, 3.05) is 26.9 Å². The summed E-state index contributed by atoms with van der Waals surface area (Å²) in [6.45, 7) is 1.36. The summed E-state index contributed by atoms with van der Waals surface area (Å²) in [5, 5.41) is 35.7. The summed E-state index contributed by atoms with van der Waals surface area (Å²) in [7, 11) is 1.58. The Morgan fingerprint density at radius 3 is 1.66 bits per heavy atom. The number of carbonyl (C=O) groups excluding carboxylic acids is 2. The van der Waals surface area contributed by atoms with E-state index in [1.165, 1.54) is 0 Å². The van der Waals surface area contributed by atoms with Gasteiger partial charge in [0.05, 0.1) is 60.0 Å². The van der Waals surface area contributed by atoms with Crippen LogP contribution in [0.5, 0.6) is 0 Å². The van der Waals surface area contributed by atoms with E-state index >= 15 is 0 Å². The van der Waals surface area contributed by atoms with Gasteiger partial charge >= 0.3 is 6.09 Å². The number of imidazole rings is 2. The average Bonchev–Trinajstić information content (AvgIpc) is 4.09. The van der Waals surface area contributed by atoms with Gasteiger partial charge in [0.15, 0.2) is 0 Å². The van der Waals surface area contributed by atoms with Crippen molar-refractivity contribution in [2.24, 2.45) is 0 Å². The van der Waals surface area contributed by atoms with Crippen molar-refractivity contribution >= 4 is 17.9 Å². The van der Waals surface area contributed by atoms with Gasteiger partial charge in [0.25, 0.3) is 0 Å². The molecule has 19 nitrogen and oxygen atoms in total. The van der Waals surface area contributed by atoms with E-state index in [1.807, 2.05) is 23.2 Å². The van der Waals surface area contributed by atoms with Crippen molar-refractivity contribution in [3.8, 4) is 33.6 Å². The molecular weight excluding hydrogens is 745 g/mol. The fourth-order valence-electron chi connectivity index (χ4n) is 7.87. The number of carboxylic acid groups (broad SMARTS) is 1. The second-order valence-corrected chi connectivity index (χ2v) is 14.4. The van der Waals surface area contributed by atoms with Crippen molar-refractivity contribution in [3.05, 3.63) is 96.4 Å². The Morgan fingerprint density at radius 2 is 1.21 bits per heavy atom. The minimum atomic E-state index is -1.28. The number of nitrogens with zero attached hydrogens (tertiary/aromatic N) is 8. The lowest BCUT2D eigenvalue weighted by Crippen LogP contribution is -2.49. The van der Waals surface area contributed by atoms with Crippen LogP contribution in [0.2, 0.25) is 0 Å².